The summed E-state index contributed by atoms with van der Waals surface area (Å²) in [5.74, 6) is 0. The van der Waals surface area contributed by atoms with Crippen molar-refractivity contribution in [3.8, 4) is 0 Å². The molecule has 0 radical (unpaired) electrons. The maximum Gasteiger partial charge on any atom is 0.115 e. The van der Waals surface area contributed by atoms with Crippen LogP contribution in [0, 0.1) is 0 Å². The van der Waals surface area contributed by atoms with Crippen LogP contribution < -0.4 is 0 Å². The van der Waals surface area contributed by atoms with E-state index in [2.05, 4.69) is 0 Å². The number of nitrogens with zero attached hydrogens (tertiary/aromatic N) is 1. The van der Waals surface area contributed by atoms with Gasteiger partial charge in [-0.05, 0) is 19.3 Å². The van der Waals surface area contributed by atoms with E-state index in [1.165, 1.54) is 0 Å². The molecule has 0 bridgehead atoms. The first-order valence-electron chi connectivity index (χ1n) is 5.69. The summed E-state index contributed by atoms with van der Waals surface area (Å²) in [6.07, 6.45) is 0.525. The van der Waals surface area contributed by atoms with Crippen LogP contribution in [0.1, 0.15) is 40.0 Å². The van der Waals surface area contributed by atoms with E-state index in [-0.39, 0.29) is 5.54 Å². The lowest BCUT2D eigenvalue weighted by Crippen LogP contribution is -2.37. The zero-order valence-corrected chi connectivity index (χ0v) is 9.39. The van der Waals surface area contributed by atoms with Crippen molar-refractivity contribution in [1.82, 2.24) is 4.90 Å². The zero-order valence-electron chi connectivity index (χ0n) is 9.39. The van der Waals surface area contributed by atoms with Crippen LogP contribution in [0.3, 0.4) is 0 Å². The van der Waals surface area contributed by atoms with E-state index in [1.807, 2.05) is 25.7 Å². The minimum absolute atomic E-state index is 0.126. The first-order chi connectivity index (χ1) is 6.66. The van der Waals surface area contributed by atoms with Gasteiger partial charge in [0.05, 0.1) is 0 Å². The smallest absolute Gasteiger partial charge is 0.115 e. The Morgan fingerprint density at radius 3 is 1.86 bits per heavy atom. The summed E-state index contributed by atoms with van der Waals surface area (Å²) < 4.78 is 26.1. The topological polar surface area (TPSA) is 3.24 Å². The molecule has 0 saturated carbocycles. The molecule has 2 rings (SSSR count). The molecule has 0 aliphatic carbocycles. The monoisotopic (exact) mass is 205 g/mol. The van der Waals surface area contributed by atoms with Crippen LogP contribution in [0.15, 0.2) is 0 Å². The van der Waals surface area contributed by atoms with Crippen molar-refractivity contribution in [2.24, 2.45) is 0 Å². The Balaban J connectivity index is 0.000000461. The van der Waals surface area contributed by atoms with Crippen LogP contribution in [0.4, 0.5) is 8.78 Å². The van der Waals surface area contributed by atoms with Gasteiger partial charge in [0.1, 0.15) is 12.3 Å². The standard InChI is InChI=1S/C9H15F2N.C2H6/c1-2-9-3-7(10)5-12(9)6-8(11)4-9;1-2/h7-8H,2-6H2,1H3;1-2H3/t7-,8?,9?;/m1./s1. The third kappa shape index (κ3) is 1.92. The summed E-state index contributed by atoms with van der Waals surface area (Å²) in [7, 11) is 0. The van der Waals surface area contributed by atoms with Gasteiger partial charge in [-0.1, -0.05) is 20.8 Å². The molecule has 0 aromatic carbocycles. The number of hydrogen-bond donors (Lipinski definition) is 0. The van der Waals surface area contributed by atoms with Crippen molar-refractivity contribution in [2.75, 3.05) is 13.1 Å². The highest BCUT2D eigenvalue weighted by Gasteiger charge is 2.50. The molecule has 2 aliphatic heterocycles. The maximum absolute atomic E-state index is 13.0. The number of halogens is 2. The third-order valence-corrected chi connectivity index (χ3v) is 3.37. The molecule has 1 nitrogen and oxygen atoms in total. The maximum atomic E-state index is 13.0. The molecule has 2 unspecified atom stereocenters. The van der Waals surface area contributed by atoms with Gasteiger partial charge in [0.2, 0.25) is 0 Å². The second kappa shape index (κ2) is 4.56. The fourth-order valence-corrected chi connectivity index (χ4v) is 2.75. The minimum Gasteiger partial charge on any atom is -0.292 e. The fourth-order valence-electron chi connectivity index (χ4n) is 2.75. The molecule has 0 spiro atoms. The number of hydrogen-bond acceptors (Lipinski definition) is 1. The van der Waals surface area contributed by atoms with E-state index in [1.54, 1.807) is 0 Å². The summed E-state index contributed by atoms with van der Waals surface area (Å²) in [6, 6.07) is 0. The molecule has 2 fully saturated rings. The normalized spacial score (nSPS) is 41.8. The fraction of sp³-hybridized carbons (Fsp3) is 1.00. The van der Waals surface area contributed by atoms with Crippen molar-refractivity contribution in [3.05, 3.63) is 0 Å². The average Bonchev–Trinajstić information content (AvgIpc) is 2.60. The van der Waals surface area contributed by atoms with E-state index in [9.17, 15) is 8.78 Å². The molecule has 14 heavy (non-hydrogen) atoms. The highest BCUT2D eigenvalue weighted by atomic mass is 19.1. The number of rotatable bonds is 1. The van der Waals surface area contributed by atoms with Crippen molar-refractivity contribution in [3.63, 3.8) is 0 Å². The predicted octanol–water partition coefficient (Wildman–Crippen LogP) is 2.95. The molecule has 3 atom stereocenters. The Kier molecular flexibility index (Phi) is 3.87. The molecule has 2 heterocycles. The van der Waals surface area contributed by atoms with Gasteiger partial charge in [0, 0.05) is 18.6 Å². The van der Waals surface area contributed by atoms with E-state index in [0.29, 0.717) is 25.9 Å². The molecule has 0 N–H and O–H groups in total. The Labute approximate surface area is 85.5 Å². The van der Waals surface area contributed by atoms with Gasteiger partial charge >= 0.3 is 0 Å². The second-order valence-corrected chi connectivity index (χ2v) is 4.09. The van der Waals surface area contributed by atoms with Crippen LogP contribution >= 0.6 is 0 Å². The van der Waals surface area contributed by atoms with Crippen LogP contribution in [0.5, 0.6) is 0 Å². The Morgan fingerprint density at radius 2 is 1.57 bits per heavy atom. The lowest BCUT2D eigenvalue weighted by atomic mass is 9.90. The molecule has 0 amide bonds. The molecule has 84 valence electrons. The first-order valence-corrected chi connectivity index (χ1v) is 5.69. The Hall–Kier alpha value is -0.180. The summed E-state index contributed by atoms with van der Waals surface area (Å²) in [5, 5.41) is 0. The van der Waals surface area contributed by atoms with E-state index in [0.717, 1.165) is 6.42 Å². The van der Waals surface area contributed by atoms with Crippen LogP contribution in [-0.4, -0.2) is 35.9 Å². The molecular weight excluding hydrogens is 184 g/mol. The summed E-state index contributed by atoms with van der Waals surface area (Å²) in [5.41, 5.74) is -0.126. The van der Waals surface area contributed by atoms with E-state index in [4.69, 9.17) is 0 Å². The molecule has 2 aliphatic rings. The molecule has 0 aromatic heterocycles. The number of fused-ring (bicyclic) bond motifs is 1. The Bertz CT molecular complexity index is 170. The third-order valence-electron chi connectivity index (χ3n) is 3.37. The highest BCUT2D eigenvalue weighted by Crippen LogP contribution is 2.43. The lowest BCUT2D eigenvalue weighted by Gasteiger charge is -2.29. The van der Waals surface area contributed by atoms with E-state index >= 15 is 0 Å². The molecule has 2 saturated heterocycles. The highest BCUT2D eigenvalue weighted by molar-refractivity contribution is 5.05. The number of alkyl halides is 2. The van der Waals surface area contributed by atoms with Gasteiger partial charge in [0.25, 0.3) is 0 Å². The van der Waals surface area contributed by atoms with E-state index < -0.39 is 12.3 Å². The predicted molar refractivity (Wildman–Crippen MR) is 55.0 cm³/mol. The van der Waals surface area contributed by atoms with Crippen molar-refractivity contribution >= 4 is 0 Å². The van der Waals surface area contributed by atoms with Crippen molar-refractivity contribution in [2.45, 2.75) is 57.9 Å². The SMILES string of the molecule is CC.CCC12CC(F)CN1C[C@H](F)C2. The zero-order chi connectivity index (χ0) is 10.8. The Morgan fingerprint density at radius 1 is 1.14 bits per heavy atom. The lowest BCUT2D eigenvalue weighted by molar-refractivity contribution is 0.189. The van der Waals surface area contributed by atoms with Gasteiger partial charge in [-0.25, -0.2) is 8.78 Å². The van der Waals surface area contributed by atoms with Crippen LogP contribution in [0.25, 0.3) is 0 Å². The molecular formula is C11H21F2N. The minimum atomic E-state index is -0.725. The quantitative estimate of drug-likeness (QED) is 0.636. The molecule has 3 heteroatoms. The average molecular weight is 205 g/mol. The first kappa shape index (κ1) is 11.9. The van der Waals surface area contributed by atoms with Crippen LogP contribution in [-0.2, 0) is 0 Å². The van der Waals surface area contributed by atoms with Gasteiger partial charge in [-0.2, -0.15) is 0 Å². The molecule has 0 aromatic rings. The van der Waals surface area contributed by atoms with Gasteiger partial charge in [0.15, 0.2) is 0 Å². The van der Waals surface area contributed by atoms with Crippen molar-refractivity contribution < 1.29 is 8.78 Å². The second-order valence-electron chi connectivity index (χ2n) is 4.09. The summed E-state index contributed by atoms with van der Waals surface area (Å²) in [6.45, 7) is 6.94. The van der Waals surface area contributed by atoms with Gasteiger partial charge < -0.3 is 0 Å². The van der Waals surface area contributed by atoms with Gasteiger partial charge in [-0.15, -0.1) is 0 Å². The van der Waals surface area contributed by atoms with Gasteiger partial charge in [-0.3, -0.25) is 4.90 Å². The summed E-state index contributed by atoms with van der Waals surface area (Å²) >= 11 is 0. The van der Waals surface area contributed by atoms with Crippen LogP contribution in [0.2, 0.25) is 0 Å². The summed E-state index contributed by atoms with van der Waals surface area (Å²) in [4.78, 5) is 2.00. The van der Waals surface area contributed by atoms with Crippen molar-refractivity contribution in [1.29, 1.82) is 0 Å². The largest absolute Gasteiger partial charge is 0.292 e.